The SMILES string of the molecule is Cc1cc(C(=O)CN2CCN(CC(=O)NC3CC3)CC2)c(C)n1C[C@H]1COc2ccccc2O1. The summed E-state index contributed by atoms with van der Waals surface area (Å²) < 4.78 is 14.1. The van der Waals surface area contributed by atoms with Crippen molar-refractivity contribution in [2.75, 3.05) is 45.9 Å². The number of hydrogen-bond donors (Lipinski definition) is 1. The molecule has 0 bridgehead atoms. The third kappa shape index (κ3) is 5.28. The molecule has 8 nitrogen and oxygen atoms in total. The molecule has 2 fully saturated rings. The van der Waals surface area contributed by atoms with Gasteiger partial charge in [0.2, 0.25) is 5.91 Å². The normalized spacial score (nSPS) is 20.8. The van der Waals surface area contributed by atoms with Gasteiger partial charge in [-0.25, -0.2) is 0 Å². The first-order valence-electron chi connectivity index (χ1n) is 12.3. The van der Waals surface area contributed by atoms with Gasteiger partial charge >= 0.3 is 0 Å². The number of fused-ring (bicyclic) bond motifs is 1. The summed E-state index contributed by atoms with van der Waals surface area (Å²) in [7, 11) is 0. The molecule has 1 saturated carbocycles. The number of rotatable bonds is 8. The minimum Gasteiger partial charge on any atom is -0.486 e. The highest BCUT2D eigenvalue weighted by Crippen LogP contribution is 2.31. The minimum absolute atomic E-state index is 0.104. The van der Waals surface area contributed by atoms with Crippen molar-refractivity contribution < 1.29 is 19.1 Å². The predicted octanol–water partition coefficient (Wildman–Crippen LogP) is 2.02. The molecule has 5 rings (SSSR count). The summed E-state index contributed by atoms with van der Waals surface area (Å²) in [5.74, 6) is 1.81. The van der Waals surface area contributed by atoms with Crippen molar-refractivity contribution in [3.63, 3.8) is 0 Å². The maximum absolute atomic E-state index is 13.2. The average molecular weight is 467 g/mol. The van der Waals surface area contributed by atoms with Crippen LogP contribution in [0.15, 0.2) is 30.3 Å². The van der Waals surface area contributed by atoms with Gasteiger partial charge in [0, 0.05) is 49.2 Å². The number of ether oxygens (including phenoxy) is 2. The lowest BCUT2D eigenvalue weighted by molar-refractivity contribution is -0.122. The predicted molar refractivity (Wildman–Crippen MR) is 129 cm³/mol. The van der Waals surface area contributed by atoms with Gasteiger partial charge in [-0.15, -0.1) is 0 Å². The summed E-state index contributed by atoms with van der Waals surface area (Å²) in [5, 5.41) is 3.05. The Hall–Kier alpha value is -2.84. The molecule has 0 spiro atoms. The number of aryl methyl sites for hydroxylation is 1. The maximum atomic E-state index is 13.2. The molecule has 1 aromatic carbocycles. The van der Waals surface area contributed by atoms with Crippen LogP contribution < -0.4 is 14.8 Å². The Morgan fingerprint density at radius 3 is 2.38 bits per heavy atom. The zero-order valence-electron chi connectivity index (χ0n) is 20.1. The number of benzene rings is 1. The maximum Gasteiger partial charge on any atom is 0.234 e. The monoisotopic (exact) mass is 466 g/mol. The van der Waals surface area contributed by atoms with Crippen molar-refractivity contribution in [2.45, 2.75) is 45.4 Å². The molecule has 1 atom stereocenters. The van der Waals surface area contributed by atoms with Gasteiger partial charge in [0.05, 0.1) is 19.6 Å². The lowest BCUT2D eigenvalue weighted by Crippen LogP contribution is -2.50. The number of piperazine rings is 1. The number of Topliss-reactive ketones (excluding diaryl/α,β-unsaturated/α-hetero) is 1. The van der Waals surface area contributed by atoms with E-state index in [0.717, 1.165) is 67.5 Å². The second kappa shape index (κ2) is 9.80. The number of nitrogens with one attached hydrogen (secondary N) is 1. The van der Waals surface area contributed by atoms with E-state index in [2.05, 4.69) is 19.7 Å². The molecule has 182 valence electrons. The van der Waals surface area contributed by atoms with Crippen LogP contribution in [-0.4, -0.2) is 84.1 Å². The number of para-hydroxylation sites is 2. The molecule has 1 aliphatic carbocycles. The highest BCUT2D eigenvalue weighted by atomic mass is 16.6. The molecule has 3 heterocycles. The molecule has 8 heteroatoms. The summed E-state index contributed by atoms with van der Waals surface area (Å²) in [5.41, 5.74) is 2.80. The zero-order valence-corrected chi connectivity index (χ0v) is 20.1. The highest BCUT2D eigenvalue weighted by molar-refractivity contribution is 5.99. The fraction of sp³-hybridized carbons (Fsp3) is 0.538. The van der Waals surface area contributed by atoms with Crippen molar-refractivity contribution in [1.82, 2.24) is 19.7 Å². The number of nitrogens with zero attached hydrogens (tertiary/aromatic N) is 3. The molecule has 2 aromatic rings. The van der Waals surface area contributed by atoms with E-state index < -0.39 is 0 Å². The first-order chi connectivity index (χ1) is 16.5. The summed E-state index contributed by atoms with van der Waals surface area (Å²) in [6.45, 7) is 9.25. The first kappa shape index (κ1) is 22.9. The van der Waals surface area contributed by atoms with E-state index >= 15 is 0 Å². The van der Waals surface area contributed by atoms with Crippen LogP contribution in [-0.2, 0) is 11.3 Å². The van der Waals surface area contributed by atoms with Gasteiger partial charge in [0.15, 0.2) is 23.4 Å². The van der Waals surface area contributed by atoms with Gasteiger partial charge < -0.3 is 19.4 Å². The highest BCUT2D eigenvalue weighted by Gasteiger charge is 2.27. The van der Waals surface area contributed by atoms with Crippen LogP contribution in [0.1, 0.15) is 34.6 Å². The van der Waals surface area contributed by atoms with E-state index in [1.54, 1.807) is 0 Å². The molecule has 3 aliphatic rings. The summed E-state index contributed by atoms with van der Waals surface area (Å²) in [6, 6.07) is 10.1. The van der Waals surface area contributed by atoms with E-state index in [1.807, 2.05) is 44.2 Å². The molecule has 1 aromatic heterocycles. The van der Waals surface area contributed by atoms with Crippen LogP contribution in [0.2, 0.25) is 0 Å². The van der Waals surface area contributed by atoms with Crippen molar-refractivity contribution in [3.05, 3.63) is 47.3 Å². The van der Waals surface area contributed by atoms with E-state index in [1.165, 1.54) is 0 Å². The van der Waals surface area contributed by atoms with Gasteiger partial charge in [0.1, 0.15) is 6.61 Å². The molecule has 1 saturated heterocycles. The third-order valence-corrected chi connectivity index (χ3v) is 6.97. The fourth-order valence-corrected chi connectivity index (χ4v) is 4.82. The van der Waals surface area contributed by atoms with Crippen molar-refractivity contribution in [3.8, 4) is 11.5 Å². The molecule has 0 radical (unpaired) electrons. The largest absolute Gasteiger partial charge is 0.486 e. The number of amides is 1. The topological polar surface area (TPSA) is 76.0 Å². The van der Waals surface area contributed by atoms with Crippen molar-refractivity contribution in [1.29, 1.82) is 0 Å². The van der Waals surface area contributed by atoms with Gasteiger partial charge in [-0.1, -0.05) is 12.1 Å². The molecule has 34 heavy (non-hydrogen) atoms. The molecular formula is C26H34N4O4. The lowest BCUT2D eigenvalue weighted by atomic mass is 10.1. The first-order valence-corrected chi connectivity index (χ1v) is 12.3. The Kier molecular flexibility index (Phi) is 6.61. The number of aromatic nitrogens is 1. The Labute approximate surface area is 200 Å². The zero-order chi connectivity index (χ0) is 23.7. The quantitative estimate of drug-likeness (QED) is 0.600. The Bertz CT molecular complexity index is 1050. The molecular weight excluding hydrogens is 432 g/mol. The van der Waals surface area contributed by atoms with Crippen LogP contribution in [0.3, 0.4) is 0 Å². The van der Waals surface area contributed by atoms with Crippen LogP contribution in [0, 0.1) is 13.8 Å². The lowest BCUT2D eigenvalue weighted by Gasteiger charge is -2.33. The number of ketones is 1. The van der Waals surface area contributed by atoms with Crippen LogP contribution in [0.5, 0.6) is 11.5 Å². The minimum atomic E-state index is -0.104. The number of carbonyl (C=O) groups is 2. The second-order valence-electron chi connectivity index (χ2n) is 9.71. The standard InChI is InChI=1S/C26H34N4O4/c1-18-13-22(19(2)30(18)14-21-17-33-24-5-3-4-6-25(24)34-21)23(31)15-28-9-11-29(12-10-28)16-26(32)27-20-7-8-20/h3-6,13,20-21H,7-12,14-17H2,1-2H3,(H,27,32)/t21-/m0/s1. The Morgan fingerprint density at radius 2 is 1.68 bits per heavy atom. The average Bonchev–Trinajstić information content (AvgIpc) is 3.60. The second-order valence-corrected chi connectivity index (χ2v) is 9.71. The van der Waals surface area contributed by atoms with Crippen LogP contribution >= 0.6 is 0 Å². The summed E-state index contributed by atoms with van der Waals surface area (Å²) in [4.78, 5) is 29.6. The Morgan fingerprint density at radius 1 is 1.00 bits per heavy atom. The van der Waals surface area contributed by atoms with Gasteiger partial charge in [0.25, 0.3) is 0 Å². The number of hydrogen-bond acceptors (Lipinski definition) is 6. The molecule has 0 unspecified atom stereocenters. The van der Waals surface area contributed by atoms with E-state index in [9.17, 15) is 9.59 Å². The number of carbonyl (C=O) groups excluding carboxylic acids is 2. The van der Waals surface area contributed by atoms with Gasteiger partial charge in [-0.2, -0.15) is 0 Å². The van der Waals surface area contributed by atoms with Crippen LogP contribution in [0.4, 0.5) is 0 Å². The van der Waals surface area contributed by atoms with Crippen LogP contribution in [0.25, 0.3) is 0 Å². The van der Waals surface area contributed by atoms with Gasteiger partial charge in [-0.3, -0.25) is 19.4 Å². The van der Waals surface area contributed by atoms with E-state index in [4.69, 9.17) is 9.47 Å². The smallest absolute Gasteiger partial charge is 0.234 e. The van der Waals surface area contributed by atoms with Crippen molar-refractivity contribution >= 4 is 11.7 Å². The van der Waals surface area contributed by atoms with E-state index in [0.29, 0.717) is 32.3 Å². The van der Waals surface area contributed by atoms with Gasteiger partial charge in [-0.05, 0) is 44.9 Å². The molecule has 1 N–H and O–H groups in total. The summed E-state index contributed by atoms with van der Waals surface area (Å²) >= 11 is 0. The molecule has 1 amide bonds. The summed E-state index contributed by atoms with van der Waals surface area (Å²) in [6.07, 6.45) is 2.11. The van der Waals surface area contributed by atoms with E-state index in [-0.39, 0.29) is 17.8 Å². The third-order valence-electron chi connectivity index (χ3n) is 6.97. The van der Waals surface area contributed by atoms with Crippen molar-refractivity contribution in [2.24, 2.45) is 0 Å². The fourth-order valence-electron chi connectivity index (χ4n) is 4.82. The Balaban J connectivity index is 1.14. The molecule has 2 aliphatic heterocycles.